The number of carbonyl (C=O) groups is 4. The van der Waals surface area contributed by atoms with E-state index in [1.54, 1.807) is 54.6 Å². The predicted molar refractivity (Wildman–Crippen MR) is 136 cm³/mol. The number of carboxylic acids is 2. The quantitative estimate of drug-likeness (QED) is 0.258. The maximum atomic E-state index is 13.1. The van der Waals surface area contributed by atoms with Crippen LogP contribution in [0.15, 0.2) is 54.6 Å². The van der Waals surface area contributed by atoms with Crippen molar-refractivity contribution in [3.8, 4) is 6.07 Å². The van der Waals surface area contributed by atoms with Crippen molar-refractivity contribution in [3.05, 3.63) is 71.3 Å². The van der Waals surface area contributed by atoms with Crippen LogP contribution in [0.3, 0.4) is 0 Å². The second-order valence-corrected chi connectivity index (χ2v) is 10.8. The number of carbonyl (C=O) groups excluding carboxylic acids is 2. The van der Waals surface area contributed by atoms with Gasteiger partial charge in [0.2, 0.25) is 11.8 Å². The number of aliphatic carboxylic acids is 2. The minimum atomic E-state index is -3.83. The van der Waals surface area contributed by atoms with Gasteiger partial charge in [-0.25, -0.2) is 8.42 Å². The fraction of sp³-hybridized carbons (Fsp3) is 0.346. The summed E-state index contributed by atoms with van der Waals surface area (Å²) in [7, 11) is -3.83. The average Bonchev–Trinajstić information content (AvgIpc) is 2.87. The molecule has 2 rings (SSSR count). The van der Waals surface area contributed by atoms with Crippen molar-refractivity contribution in [1.29, 1.82) is 5.26 Å². The van der Waals surface area contributed by atoms with E-state index in [0.29, 0.717) is 16.7 Å². The lowest BCUT2D eigenvalue weighted by Gasteiger charge is -2.22. The Balaban J connectivity index is 2.14. The number of hydrogen-bond donors (Lipinski definition) is 4. The monoisotopic (exact) mass is 543 g/mol. The van der Waals surface area contributed by atoms with E-state index in [1.165, 1.54) is 0 Å². The first-order valence-electron chi connectivity index (χ1n) is 11.7. The highest BCUT2D eigenvalue weighted by Crippen LogP contribution is 2.16. The lowest BCUT2D eigenvalue weighted by Crippen LogP contribution is -2.49. The Kier molecular flexibility index (Phi) is 11.4. The fourth-order valence-corrected chi connectivity index (χ4v) is 5.37. The first-order valence-corrected chi connectivity index (χ1v) is 13.6. The lowest BCUT2D eigenvalue weighted by molar-refractivity contribution is -0.139. The van der Waals surface area contributed by atoms with Gasteiger partial charge in [0.05, 0.1) is 29.1 Å². The third-order valence-electron chi connectivity index (χ3n) is 5.59. The Labute approximate surface area is 220 Å². The fourth-order valence-electron chi connectivity index (χ4n) is 3.62. The van der Waals surface area contributed by atoms with Gasteiger partial charge in [0, 0.05) is 19.4 Å². The van der Waals surface area contributed by atoms with Gasteiger partial charge >= 0.3 is 11.9 Å². The van der Waals surface area contributed by atoms with Crippen LogP contribution in [0.4, 0.5) is 0 Å². The van der Waals surface area contributed by atoms with Gasteiger partial charge in [0.25, 0.3) is 0 Å². The Morgan fingerprint density at radius 3 is 2.03 bits per heavy atom. The summed E-state index contributed by atoms with van der Waals surface area (Å²) in [6, 6.07) is 15.4. The van der Waals surface area contributed by atoms with Crippen LogP contribution in [0.1, 0.15) is 42.4 Å². The van der Waals surface area contributed by atoms with E-state index in [2.05, 4.69) is 10.6 Å². The Morgan fingerprint density at radius 1 is 0.842 bits per heavy atom. The number of rotatable bonds is 15. The summed E-state index contributed by atoms with van der Waals surface area (Å²) >= 11 is 0. The Bertz CT molecular complexity index is 1270. The van der Waals surface area contributed by atoms with Crippen molar-refractivity contribution >= 4 is 33.6 Å². The number of benzene rings is 2. The van der Waals surface area contributed by atoms with Crippen molar-refractivity contribution in [1.82, 2.24) is 10.6 Å². The van der Waals surface area contributed by atoms with Crippen molar-refractivity contribution in [3.63, 3.8) is 0 Å². The van der Waals surface area contributed by atoms with Gasteiger partial charge < -0.3 is 20.8 Å². The molecule has 0 spiro atoms. The van der Waals surface area contributed by atoms with Crippen LogP contribution < -0.4 is 10.6 Å². The molecular formula is C26H29N3O8S. The summed E-state index contributed by atoms with van der Waals surface area (Å²) in [5.74, 6) is -6.21. The number of nitrogens with zero attached hydrogens (tertiary/aromatic N) is 1. The van der Waals surface area contributed by atoms with E-state index >= 15 is 0 Å². The molecule has 2 aromatic rings. The van der Waals surface area contributed by atoms with Crippen molar-refractivity contribution in [2.24, 2.45) is 5.92 Å². The zero-order chi connectivity index (χ0) is 28.1. The van der Waals surface area contributed by atoms with E-state index in [9.17, 15) is 27.6 Å². The summed E-state index contributed by atoms with van der Waals surface area (Å²) in [5, 5.41) is 32.0. The van der Waals surface area contributed by atoms with Gasteiger partial charge in [-0.3, -0.25) is 19.2 Å². The second kappa shape index (κ2) is 14.5. The average molecular weight is 544 g/mol. The Morgan fingerprint density at radius 2 is 1.45 bits per heavy atom. The first-order chi connectivity index (χ1) is 18.0. The predicted octanol–water partition coefficient (Wildman–Crippen LogP) is 1.62. The van der Waals surface area contributed by atoms with Crippen LogP contribution in [0.2, 0.25) is 0 Å². The number of sulfone groups is 1. The number of nitriles is 1. The van der Waals surface area contributed by atoms with Gasteiger partial charge in [0.1, 0.15) is 6.04 Å². The largest absolute Gasteiger partial charge is 0.481 e. The molecule has 0 bridgehead atoms. The minimum absolute atomic E-state index is 0.0396. The lowest BCUT2D eigenvalue weighted by atomic mass is 10.0. The van der Waals surface area contributed by atoms with Crippen LogP contribution in [-0.4, -0.2) is 54.2 Å². The van der Waals surface area contributed by atoms with Gasteiger partial charge in [-0.05, 0) is 36.1 Å². The highest BCUT2D eigenvalue weighted by Gasteiger charge is 2.30. The summed E-state index contributed by atoms with van der Waals surface area (Å²) in [6.07, 6.45) is -1.46. The summed E-state index contributed by atoms with van der Waals surface area (Å²) in [4.78, 5) is 48.1. The van der Waals surface area contributed by atoms with Crippen molar-refractivity contribution in [2.75, 3.05) is 5.75 Å². The molecule has 202 valence electrons. The van der Waals surface area contributed by atoms with E-state index < -0.39 is 64.1 Å². The highest BCUT2D eigenvalue weighted by atomic mass is 32.2. The number of amides is 2. The molecule has 0 radical (unpaired) electrons. The van der Waals surface area contributed by atoms with E-state index in [4.69, 9.17) is 15.5 Å². The minimum Gasteiger partial charge on any atom is -0.481 e. The third-order valence-corrected chi connectivity index (χ3v) is 7.28. The molecule has 11 nitrogen and oxygen atoms in total. The number of nitrogens with one attached hydrogen (secondary N) is 2. The summed E-state index contributed by atoms with van der Waals surface area (Å²) < 4.78 is 25.6. The molecule has 2 amide bonds. The topological polar surface area (TPSA) is 191 Å². The van der Waals surface area contributed by atoms with Crippen LogP contribution in [0, 0.1) is 17.2 Å². The maximum absolute atomic E-state index is 13.1. The SMILES string of the molecule is N#Cc1ccc(CNC(=O)[C@H](CCC(=O)O)NC(=O)[C@@H](CCC(=O)O)CS(=O)(=O)Cc2ccccc2)cc1. The molecule has 0 aliphatic carbocycles. The van der Waals surface area contributed by atoms with E-state index in [-0.39, 0.29) is 25.1 Å². The molecule has 0 saturated heterocycles. The van der Waals surface area contributed by atoms with Gasteiger partial charge in [0.15, 0.2) is 9.84 Å². The summed E-state index contributed by atoms with van der Waals surface area (Å²) in [6.45, 7) is 0.0396. The molecule has 4 N–H and O–H groups in total. The zero-order valence-electron chi connectivity index (χ0n) is 20.5. The second-order valence-electron chi connectivity index (χ2n) is 8.69. The molecule has 38 heavy (non-hydrogen) atoms. The van der Waals surface area contributed by atoms with Crippen LogP contribution in [0.25, 0.3) is 0 Å². The van der Waals surface area contributed by atoms with Crippen LogP contribution >= 0.6 is 0 Å². The smallest absolute Gasteiger partial charge is 0.303 e. The molecular weight excluding hydrogens is 514 g/mol. The Hall–Kier alpha value is -4.24. The van der Waals surface area contributed by atoms with E-state index in [1.807, 2.05) is 6.07 Å². The number of hydrogen-bond acceptors (Lipinski definition) is 7. The van der Waals surface area contributed by atoms with Crippen LogP contribution in [0.5, 0.6) is 0 Å². The van der Waals surface area contributed by atoms with Gasteiger partial charge in [-0.15, -0.1) is 0 Å². The molecule has 2 atom stereocenters. The standard InChI is InChI=1S/C26H29N3O8S/c27-14-18-6-8-19(9-7-18)15-28-26(35)22(11-13-24(32)33)29-25(34)21(10-12-23(30)31)17-38(36,37)16-20-4-2-1-3-5-20/h1-9,21-22H,10-13,15-17H2,(H,28,35)(H,29,34)(H,30,31)(H,32,33)/t21-,22-/m0/s1. The van der Waals surface area contributed by atoms with Crippen molar-refractivity contribution in [2.45, 2.75) is 44.0 Å². The zero-order valence-corrected chi connectivity index (χ0v) is 21.3. The maximum Gasteiger partial charge on any atom is 0.303 e. The molecule has 0 heterocycles. The van der Waals surface area contributed by atoms with Gasteiger partial charge in [-0.2, -0.15) is 5.26 Å². The molecule has 0 aromatic heterocycles. The van der Waals surface area contributed by atoms with Gasteiger partial charge in [-0.1, -0.05) is 42.5 Å². The third kappa shape index (κ3) is 10.8. The normalized spacial score (nSPS) is 12.5. The molecule has 2 aromatic carbocycles. The van der Waals surface area contributed by atoms with E-state index in [0.717, 1.165) is 0 Å². The molecule has 0 fully saturated rings. The number of carboxylic acid groups (broad SMARTS) is 2. The molecule has 12 heteroatoms. The summed E-state index contributed by atoms with van der Waals surface area (Å²) in [5.41, 5.74) is 1.60. The molecule has 0 aliphatic heterocycles. The molecule has 0 saturated carbocycles. The van der Waals surface area contributed by atoms with Crippen LogP contribution in [-0.2, 0) is 41.3 Å². The molecule has 0 aliphatic rings. The molecule has 0 unspecified atom stereocenters. The van der Waals surface area contributed by atoms with Crippen molar-refractivity contribution < 1.29 is 37.8 Å². The first kappa shape index (κ1) is 30.0. The highest BCUT2D eigenvalue weighted by molar-refractivity contribution is 7.90.